The highest BCUT2D eigenvalue weighted by Crippen LogP contribution is 2.36. The van der Waals surface area contributed by atoms with E-state index in [0.29, 0.717) is 11.5 Å². The molecule has 2 atom stereocenters. The summed E-state index contributed by atoms with van der Waals surface area (Å²) in [5, 5.41) is 3.84. The summed E-state index contributed by atoms with van der Waals surface area (Å²) in [6, 6.07) is 1.49. The van der Waals surface area contributed by atoms with Gasteiger partial charge in [0.2, 0.25) is 0 Å². The minimum atomic E-state index is 0.394. The maximum atomic E-state index is 3.84. The molecule has 1 saturated heterocycles. The molecule has 118 valence electrons. The van der Waals surface area contributed by atoms with Crippen molar-refractivity contribution in [2.75, 3.05) is 19.6 Å². The summed E-state index contributed by atoms with van der Waals surface area (Å²) < 4.78 is 0. The third-order valence-corrected chi connectivity index (χ3v) is 5.18. The van der Waals surface area contributed by atoms with Crippen molar-refractivity contribution in [1.82, 2.24) is 10.2 Å². The van der Waals surface area contributed by atoms with Gasteiger partial charge in [0.05, 0.1) is 0 Å². The van der Waals surface area contributed by atoms with Crippen LogP contribution in [-0.4, -0.2) is 36.6 Å². The van der Waals surface area contributed by atoms with Gasteiger partial charge in [-0.15, -0.1) is 0 Å². The van der Waals surface area contributed by atoms with E-state index in [1.807, 2.05) is 0 Å². The Bertz CT molecular complexity index is 278. The van der Waals surface area contributed by atoms with Crippen molar-refractivity contribution in [3.63, 3.8) is 0 Å². The predicted octanol–water partition coefficient (Wildman–Crippen LogP) is 4.06. The molecule has 0 aromatic rings. The first-order valence-electron chi connectivity index (χ1n) is 8.99. The van der Waals surface area contributed by atoms with Crippen LogP contribution in [0.5, 0.6) is 0 Å². The molecule has 0 amide bonds. The average Bonchev–Trinajstić information content (AvgIpc) is 3.21. The fourth-order valence-electron chi connectivity index (χ4n) is 3.67. The van der Waals surface area contributed by atoms with Crippen LogP contribution in [0.25, 0.3) is 0 Å². The van der Waals surface area contributed by atoms with Crippen molar-refractivity contribution in [2.45, 2.75) is 84.7 Å². The molecule has 2 fully saturated rings. The zero-order chi connectivity index (χ0) is 14.6. The first-order chi connectivity index (χ1) is 9.52. The summed E-state index contributed by atoms with van der Waals surface area (Å²) in [6.07, 6.45) is 9.92. The van der Waals surface area contributed by atoms with E-state index in [2.05, 4.69) is 37.9 Å². The normalized spacial score (nSPS) is 28.8. The van der Waals surface area contributed by atoms with Gasteiger partial charge in [-0.05, 0) is 37.1 Å². The average molecular weight is 281 g/mol. The number of nitrogens with zero attached hydrogens (tertiary/aromatic N) is 1. The number of hydrogen-bond acceptors (Lipinski definition) is 2. The highest BCUT2D eigenvalue weighted by Gasteiger charge is 2.40. The van der Waals surface area contributed by atoms with Gasteiger partial charge in [0.1, 0.15) is 0 Å². The molecule has 2 rings (SSSR count). The standard InChI is InChI=1S/C18H36N2/c1-5-6-7-8-9-12-20-14-16(15-10-11-15)19-13-17(20)18(2,3)4/h15-17,19H,5-14H2,1-4H3. The molecule has 0 aromatic carbocycles. The molecule has 0 radical (unpaired) electrons. The van der Waals surface area contributed by atoms with Crippen molar-refractivity contribution in [2.24, 2.45) is 11.3 Å². The second-order valence-electron chi connectivity index (χ2n) is 8.14. The Hall–Kier alpha value is -0.0800. The summed E-state index contributed by atoms with van der Waals surface area (Å²) in [6.45, 7) is 13.3. The van der Waals surface area contributed by atoms with Gasteiger partial charge >= 0.3 is 0 Å². The van der Waals surface area contributed by atoms with E-state index in [1.54, 1.807) is 0 Å². The van der Waals surface area contributed by atoms with E-state index in [-0.39, 0.29) is 0 Å². The van der Waals surface area contributed by atoms with Gasteiger partial charge in [0.25, 0.3) is 0 Å². The molecular weight excluding hydrogens is 244 g/mol. The molecule has 0 aromatic heterocycles. The molecular formula is C18H36N2. The summed E-state index contributed by atoms with van der Waals surface area (Å²) in [7, 11) is 0. The topological polar surface area (TPSA) is 15.3 Å². The Morgan fingerprint density at radius 2 is 1.75 bits per heavy atom. The molecule has 1 aliphatic heterocycles. The minimum absolute atomic E-state index is 0.394. The molecule has 2 heteroatoms. The van der Waals surface area contributed by atoms with Crippen LogP contribution in [0.15, 0.2) is 0 Å². The first-order valence-corrected chi connectivity index (χ1v) is 8.99. The lowest BCUT2D eigenvalue weighted by atomic mass is 9.83. The second kappa shape index (κ2) is 7.26. The Morgan fingerprint density at radius 3 is 2.35 bits per heavy atom. The summed E-state index contributed by atoms with van der Waals surface area (Å²) in [5.41, 5.74) is 0.394. The fraction of sp³-hybridized carbons (Fsp3) is 1.00. The monoisotopic (exact) mass is 280 g/mol. The van der Waals surface area contributed by atoms with E-state index in [4.69, 9.17) is 0 Å². The second-order valence-corrected chi connectivity index (χ2v) is 8.14. The van der Waals surface area contributed by atoms with Crippen LogP contribution in [0.2, 0.25) is 0 Å². The van der Waals surface area contributed by atoms with Crippen LogP contribution in [0.4, 0.5) is 0 Å². The van der Waals surface area contributed by atoms with Crippen LogP contribution in [0.3, 0.4) is 0 Å². The van der Waals surface area contributed by atoms with Gasteiger partial charge in [0.15, 0.2) is 0 Å². The molecule has 1 aliphatic carbocycles. The number of hydrogen-bond donors (Lipinski definition) is 1. The van der Waals surface area contributed by atoms with Crippen molar-refractivity contribution < 1.29 is 0 Å². The maximum absolute atomic E-state index is 3.84. The highest BCUT2D eigenvalue weighted by molar-refractivity contribution is 4.97. The van der Waals surface area contributed by atoms with Crippen LogP contribution in [0, 0.1) is 11.3 Å². The molecule has 2 nitrogen and oxygen atoms in total. The van der Waals surface area contributed by atoms with Crippen molar-refractivity contribution in [1.29, 1.82) is 0 Å². The Balaban J connectivity index is 1.81. The van der Waals surface area contributed by atoms with E-state index in [1.165, 1.54) is 64.6 Å². The lowest BCUT2D eigenvalue weighted by Gasteiger charge is -2.46. The van der Waals surface area contributed by atoms with Crippen LogP contribution < -0.4 is 5.32 Å². The van der Waals surface area contributed by atoms with Gasteiger partial charge in [-0.25, -0.2) is 0 Å². The predicted molar refractivity (Wildman–Crippen MR) is 88.1 cm³/mol. The zero-order valence-electron chi connectivity index (χ0n) is 14.3. The molecule has 1 heterocycles. The van der Waals surface area contributed by atoms with E-state index < -0.39 is 0 Å². The lowest BCUT2D eigenvalue weighted by molar-refractivity contribution is 0.0498. The Kier molecular flexibility index (Phi) is 5.92. The van der Waals surface area contributed by atoms with Crippen molar-refractivity contribution >= 4 is 0 Å². The molecule has 2 unspecified atom stereocenters. The molecule has 20 heavy (non-hydrogen) atoms. The van der Waals surface area contributed by atoms with Gasteiger partial charge in [-0.1, -0.05) is 53.4 Å². The molecule has 0 bridgehead atoms. The van der Waals surface area contributed by atoms with E-state index in [9.17, 15) is 0 Å². The molecule has 1 saturated carbocycles. The van der Waals surface area contributed by atoms with Gasteiger partial charge in [0, 0.05) is 25.2 Å². The van der Waals surface area contributed by atoms with E-state index >= 15 is 0 Å². The lowest BCUT2D eigenvalue weighted by Crippen LogP contribution is -2.61. The van der Waals surface area contributed by atoms with Gasteiger partial charge < -0.3 is 5.32 Å². The third kappa shape index (κ3) is 4.73. The first kappa shape index (κ1) is 16.3. The van der Waals surface area contributed by atoms with Crippen molar-refractivity contribution in [3.8, 4) is 0 Å². The third-order valence-electron chi connectivity index (χ3n) is 5.18. The SMILES string of the molecule is CCCCCCCN1CC(C2CC2)NCC1C(C)(C)C. The Labute approximate surface area is 126 Å². The van der Waals surface area contributed by atoms with Crippen LogP contribution in [0.1, 0.15) is 72.6 Å². The van der Waals surface area contributed by atoms with Crippen LogP contribution in [-0.2, 0) is 0 Å². The van der Waals surface area contributed by atoms with E-state index in [0.717, 1.165) is 12.0 Å². The molecule has 1 N–H and O–H groups in total. The quantitative estimate of drug-likeness (QED) is 0.708. The van der Waals surface area contributed by atoms with Crippen molar-refractivity contribution in [3.05, 3.63) is 0 Å². The molecule has 2 aliphatic rings. The summed E-state index contributed by atoms with van der Waals surface area (Å²) >= 11 is 0. The fourth-order valence-corrected chi connectivity index (χ4v) is 3.67. The Morgan fingerprint density at radius 1 is 1.05 bits per heavy atom. The summed E-state index contributed by atoms with van der Waals surface area (Å²) in [5.74, 6) is 0.985. The number of piperazine rings is 1. The highest BCUT2D eigenvalue weighted by atomic mass is 15.2. The smallest absolute Gasteiger partial charge is 0.0269 e. The number of nitrogens with one attached hydrogen (secondary N) is 1. The number of unbranched alkanes of at least 4 members (excludes halogenated alkanes) is 4. The van der Waals surface area contributed by atoms with Crippen LogP contribution >= 0.6 is 0 Å². The van der Waals surface area contributed by atoms with Gasteiger partial charge in [-0.2, -0.15) is 0 Å². The molecule has 0 spiro atoms. The number of rotatable bonds is 7. The maximum Gasteiger partial charge on any atom is 0.0269 e. The largest absolute Gasteiger partial charge is 0.311 e. The summed E-state index contributed by atoms with van der Waals surface area (Å²) in [4.78, 5) is 2.81. The van der Waals surface area contributed by atoms with Gasteiger partial charge in [-0.3, -0.25) is 4.90 Å². The zero-order valence-corrected chi connectivity index (χ0v) is 14.3. The minimum Gasteiger partial charge on any atom is -0.311 e.